The minimum atomic E-state index is -3.75. The number of nitrogens with one attached hydrogen (secondary N) is 1. The number of sulfonamides is 1. The van der Waals surface area contributed by atoms with Crippen LogP contribution in [0.5, 0.6) is 11.5 Å². The van der Waals surface area contributed by atoms with E-state index >= 15 is 0 Å². The first-order valence-corrected chi connectivity index (χ1v) is 8.04. The van der Waals surface area contributed by atoms with Crippen molar-refractivity contribution in [1.29, 1.82) is 0 Å². The van der Waals surface area contributed by atoms with Gasteiger partial charge in [0.05, 0.1) is 19.1 Å². The molecule has 0 bridgehead atoms. The summed E-state index contributed by atoms with van der Waals surface area (Å²) in [6, 6.07) is 7.94. The molecule has 0 fully saturated rings. The highest BCUT2D eigenvalue weighted by Gasteiger charge is 2.18. The van der Waals surface area contributed by atoms with Gasteiger partial charge in [0.1, 0.15) is 5.82 Å². The van der Waals surface area contributed by atoms with Crippen LogP contribution in [0.1, 0.15) is 11.3 Å². The number of pyridine rings is 1. The fourth-order valence-corrected chi connectivity index (χ4v) is 3.08. The van der Waals surface area contributed by atoms with Gasteiger partial charge in [0.25, 0.3) is 10.0 Å². The molecular weight excluding hydrogens is 304 g/mol. The minimum absolute atomic E-state index is 0.0751. The average molecular weight is 322 g/mol. The zero-order valence-corrected chi connectivity index (χ0v) is 13.7. The van der Waals surface area contributed by atoms with Crippen molar-refractivity contribution in [2.45, 2.75) is 18.7 Å². The van der Waals surface area contributed by atoms with Crippen LogP contribution < -0.4 is 14.2 Å². The Morgan fingerprint density at radius 1 is 1.00 bits per heavy atom. The van der Waals surface area contributed by atoms with E-state index in [9.17, 15) is 8.42 Å². The number of anilines is 1. The van der Waals surface area contributed by atoms with Crippen molar-refractivity contribution in [2.75, 3.05) is 18.9 Å². The Kier molecular flexibility index (Phi) is 4.56. The molecule has 118 valence electrons. The van der Waals surface area contributed by atoms with Gasteiger partial charge in [-0.2, -0.15) is 0 Å². The number of methoxy groups -OCH3 is 2. The molecular formula is C15H18N2O4S. The Balaban J connectivity index is 2.38. The summed E-state index contributed by atoms with van der Waals surface area (Å²) in [6.07, 6.45) is 0. The number of hydrogen-bond acceptors (Lipinski definition) is 5. The zero-order chi connectivity index (χ0) is 16.3. The van der Waals surface area contributed by atoms with Gasteiger partial charge >= 0.3 is 0 Å². The molecule has 0 amide bonds. The average Bonchev–Trinajstić information content (AvgIpc) is 2.44. The van der Waals surface area contributed by atoms with Gasteiger partial charge in [-0.05, 0) is 43.7 Å². The molecule has 0 saturated heterocycles. The van der Waals surface area contributed by atoms with Gasteiger partial charge in [0, 0.05) is 11.8 Å². The Labute approximate surface area is 130 Å². The largest absolute Gasteiger partial charge is 0.493 e. The number of hydrogen-bond donors (Lipinski definition) is 1. The molecule has 0 atom stereocenters. The van der Waals surface area contributed by atoms with Crippen LogP contribution in [-0.4, -0.2) is 27.6 Å². The Hall–Kier alpha value is -2.28. The van der Waals surface area contributed by atoms with Gasteiger partial charge < -0.3 is 9.47 Å². The summed E-state index contributed by atoms with van der Waals surface area (Å²) in [5.74, 6) is 1.09. The molecule has 0 aliphatic rings. The lowest BCUT2D eigenvalue weighted by Gasteiger charge is -2.12. The standard InChI is InChI=1S/C15H18N2O4S/c1-10-7-11(2)16-15(8-10)17-22(18,19)12-5-6-13(20-3)14(9-12)21-4/h5-9H,1-4H3,(H,16,17). The van der Waals surface area contributed by atoms with Gasteiger partial charge in [-0.25, -0.2) is 13.4 Å². The first kappa shape index (κ1) is 16.1. The molecule has 0 saturated carbocycles. The van der Waals surface area contributed by atoms with Crippen molar-refractivity contribution in [1.82, 2.24) is 4.98 Å². The first-order chi connectivity index (χ1) is 10.4. The number of aryl methyl sites for hydroxylation is 2. The quantitative estimate of drug-likeness (QED) is 0.915. The van der Waals surface area contributed by atoms with Crippen molar-refractivity contribution in [3.05, 3.63) is 41.6 Å². The molecule has 2 aromatic rings. The monoisotopic (exact) mass is 322 g/mol. The van der Waals surface area contributed by atoms with E-state index in [0.29, 0.717) is 11.5 Å². The Bertz CT molecular complexity index is 768. The van der Waals surface area contributed by atoms with Gasteiger partial charge in [-0.3, -0.25) is 4.72 Å². The van der Waals surface area contributed by atoms with Crippen LogP contribution in [0.3, 0.4) is 0 Å². The topological polar surface area (TPSA) is 77.5 Å². The van der Waals surface area contributed by atoms with Crippen LogP contribution in [0.2, 0.25) is 0 Å². The lowest BCUT2D eigenvalue weighted by Crippen LogP contribution is -2.14. The van der Waals surface area contributed by atoms with E-state index in [2.05, 4.69) is 9.71 Å². The first-order valence-electron chi connectivity index (χ1n) is 6.56. The number of aromatic nitrogens is 1. The van der Waals surface area contributed by atoms with E-state index in [1.54, 1.807) is 19.1 Å². The van der Waals surface area contributed by atoms with E-state index in [4.69, 9.17) is 9.47 Å². The third-order valence-corrected chi connectivity index (χ3v) is 4.35. The van der Waals surface area contributed by atoms with Gasteiger partial charge in [-0.1, -0.05) is 0 Å². The summed E-state index contributed by atoms with van der Waals surface area (Å²) in [6.45, 7) is 3.68. The van der Waals surface area contributed by atoms with E-state index in [0.717, 1.165) is 11.3 Å². The van der Waals surface area contributed by atoms with E-state index in [-0.39, 0.29) is 10.7 Å². The number of ether oxygens (including phenoxy) is 2. The lowest BCUT2D eigenvalue weighted by atomic mass is 10.2. The second-order valence-electron chi connectivity index (χ2n) is 4.79. The third-order valence-electron chi connectivity index (χ3n) is 3.00. The second-order valence-corrected chi connectivity index (χ2v) is 6.48. The summed E-state index contributed by atoms with van der Waals surface area (Å²) < 4.78 is 37.6. The lowest BCUT2D eigenvalue weighted by molar-refractivity contribution is 0.354. The highest BCUT2D eigenvalue weighted by molar-refractivity contribution is 7.92. The summed E-state index contributed by atoms with van der Waals surface area (Å²) in [7, 11) is -0.811. The van der Waals surface area contributed by atoms with Gasteiger partial charge in [0.15, 0.2) is 11.5 Å². The van der Waals surface area contributed by atoms with Gasteiger partial charge in [0.2, 0.25) is 0 Å². The fourth-order valence-electron chi connectivity index (χ4n) is 2.07. The molecule has 0 aliphatic carbocycles. The van der Waals surface area contributed by atoms with Gasteiger partial charge in [-0.15, -0.1) is 0 Å². The minimum Gasteiger partial charge on any atom is -0.493 e. The number of benzene rings is 1. The maximum Gasteiger partial charge on any atom is 0.263 e. The second kappa shape index (κ2) is 6.23. The Morgan fingerprint density at radius 2 is 1.68 bits per heavy atom. The number of rotatable bonds is 5. The summed E-state index contributed by atoms with van der Waals surface area (Å²) in [4.78, 5) is 4.25. The molecule has 2 rings (SSSR count). The molecule has 0 radical (unpaired) electrons. The van der Waals surface area contributed by atoms with Crippen molar-refractivity contribution in [3.63, 3.8) is 0 Å². The molecule has 0 unspecified atom stereocenters. The molecule has 7 heteroatoms. The van der Waals surface area contributed by atoms with Crippen molar-refractivity contribution in [3.8, 4) is 11.5 Å². The smallest absolute Gasteiger partial charge is 0.263 e. The van der Waals surface area contributed by atoms with Crippen molar-refractivity contribution >= 4 is 15.8 Å². The summed E-state index contributed by atoms with van der Waals surface area (Å²) in [5, 5.41) is 0. The normalized spacial score (nSPS) is 11.1. The van der Waals surface area contributed by atoms with Crippen LogP contribution in [-0.2, 0) is 10.0 Å². The predicted molar refractivity (Wildman–Crippen MR) is 84.1 cm³/mol. The number of nitrogens with zero attached hydrogens (tertiary/aromatic N) is 1. The Morgan fingerprint density at radius 3 is 2.27 bits per heavy atom. The molecule has 22 heavy (non-hydrogen) atoms. The zero-order valence-electron chi connectivity index (χ0n) is 12.9. The van der Waals surface area contributed by atoms with Crippen LogP contribution in [0.15, 0.2) is 35.2 Å². The third kappa shape index (κ3) is 3.48. The molecule has 6 nitrogen and oxygen atoms in total. The van der Waals surface area contributed by atoms with Crippen molar-refractivity contribution < 1.29 is 17.9 Å². The molecule has 1 N–H and O–H groups in total. The SMILES string of the molecule is COc1ccc(S(=O)(=O)Nc2cc(C)cc(C)n2)cc1OC. The molecule has 0 aliphatic heterocycles. The van der Waals surface area contributed by atoms with E-state index in [1.807, 2.05) is 13.0 Å². The van der Waals surface area contributed by atoms with Crippen LogP contribution >= 0.6 is 0 Å². The van der Waals surface area contributed by atoms with E-state index in [1.165, 1.54) is 26.4 Å². The molecule has 1 aromatic heterocycles. The molecule has 1 aromatic carbocycles. The molecule has 0 spiro atoms. The molecule has 1 heterocycles. The highest BCUT2D eigenvalue weighted by atomic mass is 32.2. The van der Waals surface area contributed by atoms with Crippen LogP contribution in [0.25, 0.3) is 0 Å². The fraction of sp³-hybridized carbons (Fsp3) is 0.267. The summed E-state index contributed by atoms with van der Waals surface area (Å²) in [5.41, 5.74) is 1.67. The van der Waals surface area contributed by atoms with Crippen LogP contribution in [0.4, 0.5) is 5.82 Å². The predicted octanol–water partition coefficient (Wildman–Crippen LogP) is 2.52. The maximum absolute atomic E-state index is 12.4. The van der Waals surface area contributed by atoms with Crippen molar-refractivity contribution in [2.24, 2.45) is 0 Å². The van der Waals surface area contributed by atoms with E-state index < -0.39 is 10.0 Å². The summed E-state index contributed by atoms with van der Waals surface area (Å²) >= 11 is 0. The van der Waals surface area contributed by atoms with Crippen LogP contribution in [0, 0.1) is 13.8 Å². The maximum atomic E-state index is 12.4. The highest BCUT2D eigenvalue weighted by Crippen LogP contribution is 2.30.